The largest absolute Gasteiger partial charge is 0.493 e. The van der Waals surface area contributed by atoms with Crippen LogP contribution in [0.15, 0.2) is 36.4 Å². The summed E-state index contributed by atoms with van der Waals surface area (Å²) in [5, 5.41) is 13.5. The normalized spacial score (nSPS) is 10.1. The van der Waals surface area contributed by atoms with Gasteiger partial charge in [-0.1, -0.05) is 12.1 Å². The summed E-state index contributed by atoms with van der Waals surface area (Å²) in [6.45, 7) is 1.15. The molecule has 0 unspecified atom stereocenters. The van der Waals surface area contributed by atoms with Crippen molar-refractivity contribution >= 4 is 23.3 Å². The van der Waals surface area contributed by atoms with E-state index in [-0.39, 0.29) is 23.8 Å². The van der Waals surface area contributed by atoms with Crippen LogP contribution in [0.4, 0.5) is 15.8 Å². The van der Waals surface area contributed by atoms with Crippen LogP contribution >= 0.6 is 0 Å². The number of hydrogen-bond donors (Lipinski definition) is 1. The Morgan fingerprint density at radius 3 is 2.54 bits per heavy atom. The van der Waals surface area contributed by atoms with Crippen molar-refractivity contribution in [3.8, 4) is 11.5 Å². The second-order valence-corrected chi connectivity index (χ2v) is 5.31. The zero-order valence-corrected chi connectivity index (χ0v) is 15.1. The fourth-order valence-corrected chi connectivity index (χ4v) is 2.25. The highest BCUT2D eigenvalue weighted by molar-refractivity contribution is 5.98. The van der Waals surface area contributed by atoms with E-state index in [1.165, 1.54) is 25.3 Å². The van der Waals surface area contributed by atoms with Gasteiger partial charge in [-0.3, -0.25) is 14.9 Å². The van der Waals surface area contributed by atoms with E-state index in [4.69, 9.17) is 14.2 Å². The Labute approximate surface area is 159 Å². The maximum absolute atomic E-state index is 13.5. The molecule has 28 heavy (non-hydrogen) atoms. The minimum absolute atomic E-state index is 0.0859. The molecule has 0 aliphatic carbocycles. The molecule has 0 radical (unpaired) electrons. The smallest absolute Gasteiger partial charge is 0.345 e. The molecule has 0 saturated carbocycles. The first-order valence-electron chi connectivity index (χ1n) is 8.08. The summed E-state index contributed by atoms with van der Waals surface area (Å²) in [5.41, 5.74) is -1.06. The number of anilines is 1. The fourth-order valence-electron chi connectivity index (χ4n) is 2.25. The molecule has 2 aromatic carbocycles. The van der Waals surface area contributed by atoms with Gasteiger partial charge in [0.25, 0.3) is 11.6 Å². The number of esters is 1. The first kappa shape index (κ1) is 20.6. The van der Waals surface area contributed by atoms with Crippen LogP contribution in [0.1, 0.15) is 17.3 Å². The molecule has 0 aliphatic rings. The van der Waals surface area contributed by atoms with Crippen molar-refractivity contribution in [2.75, 3.05) is 25.6 Å². The zero-order valence-electron chi connectivity index (χ0n) is 15.1. The van der Waals surface area contributed by atoms with Gasteiger partial charge in [-0.25, -0.2) is 9.18 Å². The number of carbonyl (C=O) groups excluding carboxylic acids is 2. The zero-order chi connectivity index (χ0) is 20.7. The number of amides is 1. The number of nitrogens with one attached hydrogen (secondary N) is 1. The van der Waals surface area contributed by atoms with Crippen LogP contribution in [0.2, 0.25) is 0 Å². The number of rotatable bonds is 8. The maximum atomic E-state index is 13.5. The van der Waals surface area contributed by atoms with E-state index >= 15 is 0 Å². The number of nitro benzene ring substituents is 1. The van der Waals surface area contributed by atoms with Crippen LogP contribution in [-0.4, -0.2) is 37.1 Å². The highest BCUT2D eigenvalue weighted by Gasteiger charge is 2.26. The molecule has 0 aromatic heterocycles. The monoisotopic (exact) mass is 392 g/mol. The Morgan fingerprint density at radius 2 is 1.93 bits per heavy atom. The molecule has 0 spiro atoms. The van der Waals surface area contributed by atoms with Crippen LogP contribution in [0, 0.1) is 15.9 Å². The van der Waals surface area contributed by atoms with Crippen molar-refractivity contribution in [1.82, 2.24) is 0 Å². The molecule has 1 amide bonds. The van der Waals surface area contributed by atoms with Crippen molar-refractivity contribution in [2.24, 2.45) is 0 Å². The van der Waals surface area contributed by atoms with E-state index in [0.29, 0.717) is 0 Å². The third kappa shape index (κ3) is 4.93. The van der Waals surface area contributed by atoms with Gasteiger partial charge in [0, 0.05) is 6.07 Å². The van der Waals surface area contributed by atoms with Gasteiger partial charge in [0.2, 0.25) is 0 Å². The number of carbonyl (C=O) groups is 2. The lowest BCUT2D eigenvalue weighted by molar-refractivity contribution is -0.385. The van der Waals surface area contributed by atoms with Gasteiger partial charge in [-0.2, -0.15) is 0 Å². The highest BCUT2D eigenvalue weighted by Crippen LogP contribution is 2.35. The Morgan fingerprint density at radius 1 is 1.21 bits per heavy atom. The first-order valence-corrected chi connectivity index (χ1v) is 8.08. The Balaban J connectivity index is 2.15. The number of halogens is 1. The van der Waals surface area contributed by atoms with Gasteiger partial charge in [0.15, 0.2) is 18.1 Å². The summed E-state index contributed by atoms with van der Waals surface area (Å²) in [7, 11) is 1.31. The lowest BCUT2D eigenvalue weighted by atomic mass is 10.1. The topological polar surface area (TPSA) is 117 Å². The number of nitrogens with zero attached hydrogens (tertiary/aromatic N) is 1. The third-order valence-electron chi connectivity index (χ3n) is 3.48. The molecule has 1 N–H and O–H groups in total. The quantitative estimate of drug-likeness (QED) is 0.417. The molecule has 2 rings (SSSR count). The van der Waals surface area contributed by atoms with Crippen LogP contribution < -0.4 is 14.8 Å². The predicted octanol–water partition coefficient (Wildman–Crippen LogP) is 2.94. The van der Waals surface area contributed by atoms with Gasteiger partial charge in [-0.15, -0.1) is 0 Å². The van der Waals surface area contributed by atoms with Gasteiger partial charge in [0.05, 0.1) is 30.4 Å². The summed E-state index contributed by atoms with van der Waals surface area (Å²) in [5.74, 6) is -2.40. The maximum Gasteiger partial charge on any atom is 0.345 e. The summed E-state index contributed by atoms with van der Waals surface area (Å²) >= 11 is 0. The van der Waals surface area contributed by atoms with E-state index in [1.54, 1.807) is 6.92 Å². The van der Waals surface area contributed by atoms with E-state index in [0.717, 1.165) is 18.2 Å². The number of methoxy groups -OCH3 is 1. The fraction of sp³-hybridized carbons (Fsp3) is 0.222. The van der Waals surface area contributed by atoms with Gasteiger partial charge >= 0.3 is 5.97 Å². The summed E-state index contributed by atoms with van der Waals surface area (Å²) < 4.78 is 28.6. The van der Waals surface area contributed by atoms with Crippen molar-refractivity contribution < 1.29 is 33.1 Å². The van der Waals surface area contributed by atoms with Gasteiger partial charge in [-0.05, 0) is 19.1 Å². The Kier molecular flexibility index (Phi) is 6.85. The number of para-hydroxylation sites is 1. The molecule has 0 saturated heterocycles. The lowest BCUT2D eigenvalue weighted by Gasteiger charge is -2.12. The number of nitro groups is 1. The van der Waals surface area contributed by atoms with E-state index in [9.17, 15) is 24.1 Å². The molecular formula is C18H17FN2O7. The summed E-state index contributed by atoms with van der Waals surface area (Å²) in [6.07, 6.45) is 0. The van der Waals surface area contributed by atoms with Crippen LogP contribution in [0.25, 0.3) is 0 Å². The minimum atomic E-state index is -1.11. The minimum Gasteiger partial charge on any atom is -0.493 e. The second-order valence-electron chi connectivity index (χ2n) is 5.31. The summed E-state index contributed by atoms with van der Waals surface area (Å²) in [6, 6.07) is 7.58. The second kappa shape index (κ2) is 9.31. The molecule has 0 bridgehead atoms. The van der Waals surface area contributed by atoms with Crippen molar-refractivity contribution in [3.05, 3.63) is 57.9 Å². The highest BCUT2D eigenvalue weighted by atomic mass is 19.1. The standard InChI is InChI=1S/C18H17FN2O7/c1-3-27-16-9-14(21(24)25)11(8-15(16)26-2)18(23)28-10-17(22)20-13-7-5-4-6-12(13)19/h4-9H,3,10H2,1-2H3,(H,20,22). The van der Waals surface area contributed by atoms with E-state index in [2.05, 4.69) is 5.32 Å². The van der Waals surface area contributed by atoms with E-state index < -0.39 is 40.5 Å². The molecule has 0 atom stereocenters. The average Bonchev–Trinajstić information content (AvgIpc) is 2.67. The van der Waals surface area contributed by atoms with Crippen molar-refractivity contribution in [3.63, 3.8) is 0 Å². The molecular weight excluding hydrogens is 375 g/mol. The Hall–Kier alpha value is -3.69. The number of benzene rings is 2. The number of hydrogen-bond acceptors (Lipinski definition) is 7. The molecule has 0 aliphatic heterocycles. The van der Waals surface area contributed by atoms with E-state index in [1.807, 2.05) is 0 Å². The van der Waals surface area contributed by atoms with Crippen LogP contribution in [0.5, 0.6) is 11.5 Å². The van der Waals surface area contributed by atoms with Crippen molar-refractivity contribution in [2.45, 2.75) is 6.92 Å². The molecule has 0 fully saturated rings. The van der Waals surface area contributed by atoms with Crippen LogP contribution in [-0.2, 0) is 9.53 Å². The summed E-state index contributed by atoms with van der Waals surface area (Å²) in [4.78, 5) is 34.6. The third-order valence-corrected chi connectivity index (χ3v) is 3.48. The molecule has 10 heteroatoms. The predicted molar refractivity (Wildman–Crippen MR) is 96.1 cm³/mol. The van der Waals surface area contributed by atoms with Crippen LogP contribution in [0.3, 0.4) is 0 Å². The molecule has 0 heterocycles. The first-order chi connectivity index (χ1) is 13.4. The van der Waals surface area contributed by atoms with Gasteiger partial charge in [0.1, 0.15) is 11.4 Å². The molecule has 2 aromatic rings. The van der Waals surface area contributed by atoms with Gasteiger partial charge < -0.3 is 19.5 Å². The molecule has 148 valence electrons. The molecule has 9 nitrogen and oxygen atoms in total. The number of ether oxygens (including phenoxy) is 3. The van der Waals surface area contributed by atoms with Crippen molar-refractivity contribution in [1.29, 1.82) is 0 Å². The SMILES string of the molecule is CCOc1cc([N+](=O)[O-])c(C(=O)OCC(=O)Nc2ccccc2F)cc1OC. The average molecular weight is 392 g/mol. The lowest BCUT2D eigenvalue weighted by Crippen LogP contribution is -2.22. The Bertz CT molecular complexity index is 901.